The van der Waals surface area contributed by atoms with Crippen LogP contribution in [0.25, 0.3) is 0 Å². The summed E-state index contributed by atoms with van der Waals surface area (Å²) in [5.74, 6) is 0. The number of hydrogen-bond donors (Lipinski definition) is 1. The van der Waals surface area contributed by atoms with E-state index in [-0.39, 0.29) is 17.3 Å². The van der Waals surface area contributed by atoms with Crippen LogP contribution in [0.4, 0.5) is 0 Å². The van der Waals surface area contributed by atoms with Gasteiger partial charge in [-0.1, -0.05) is 0 Å². The molecule has 2 atom stereocenters. The van der Waals surface area contributed by atoms with E-state index >= 15 is 0 Å². The van der Waals surface area contributed by atoms with Crippen LogP contribution in [0.1, 0.15) is 47.0 Å². The summed E-state index contributed by atoms with van der Waals surface area (Å²) in [5, 5.41) is 3.39. The van der Waals surface area contributed by atoms with Gasteiger partial charge in [0, 0.05) is 13.0 Å². The Morgan fingerprint density at radius 1 is 1.25 bits per heavy atom. The zero-order valence-electron chi connectivity index (χ0n) is 11.0. The van der Waals surface area contributed by atoms with Gasteiger partial charge in [0.15, 0.2) is 0 Å². The van der Waals surface area contributed by atoms with Gasteiger partial charge in [0.25, 0.3) is 0 Å². The van der Waals surface area contributed by atoms with Crippen molar-refractivity contribution in [2.45, 2.75) is 70.4 Å². The molecule has 0 saturated carbocycles. The van der Waals surface area contributed by atoms with E-state index in [1.54, 1.807) is 0 Å². The molecule has 0 bridgehead atoms. The van der Waals surface area contributed by atoms with E-state index in [1.165, 1.54) is 12.8 Å². The van der Waals surface area contributed by atoms with Crippen LogP contribution >= 0.6 is 0 Å². The Bertz CT molecular complexity index is 244. The van der Waals surface area contributed by atoms with Crippen molar-refractivity contribution >= 4 is 0 Å². The molecule has 0 aromatic carbocycles. The number of ether oxygens (including phenoxy) is 2. The molecule has 2 rings (SSSR count). The first-order chi connectivity index (χ1) is 7.39. The monoisotopic (exact) mass is 227 g/mol. The maximum Gasteiger partial charge on any atom is 0.0895 e. The molecule has 0 aliphatic carbocycles. The molecule has 2 aliphatic heterocycles. The lowest BCUT2D eigenvalue weighted by Gasteiger charge is -2.32. The van der Waals surface area contributed by atoms with Crippen molar-refractivity contribution in [1.82, 2.24) is 5.32 Å². The summed E-state index contributed by atoms with van der Waals surface area (Å²) in [6, 6.07) is 0. The van der Waals surface area contributed by atoms with Crippen molar-refractivity contribution in [2.75, 3.05) is 13.1 Å². The van der Waals surface area contributed by atoms with Gasteiger partial charge in [-0.2, -0.15) is 0 Å². The fraction of sp³-hybridized carbons (Fsp3) is 1.00. The fourth-order valence-corrected chi connectivity index (χ4v) is 2.89. The van der Waals surface area contributed by atoms with Gasteiger partial charge in [0.2, 0.25) is 0 Å². The quantitative estimate of drug-likeness (QED) is 0.783. The molecule has 3 heteroatoms. The third kappa shape index (κ3) is 2.76. The van der Waals surface area contributed by atoms with Gasteiger partial charge in [0.05, 0.1) is 23.4 Å². The van der Waals surface area contributed by atoms with Crippen LogP contribution in [0.3, 0.4) is 0 Å². The van der Waals surface area contributed by atoms with E-state index in [0.29, 0.717) is 6.10 Å². The molecule has 2 unspecified atom stereocenters. The molecule has 94 valence electrons. The van der Waals surface area contributed by atoms with E-state index in [1.807, 2.05) is 0 Å². The maximum atomic E-state index is 6.22. The van der Waals surface area contributed by atoms with Gasteiger partial charge in [-0.15, -0.1) is 0 Å². The summed E-state index contributed by atoms with van der Waals surface area (Å²) in [4.78, 5) is 0. The van der Waals surface area contributed by atoms with Gasteiger partial charge in [-0.3, -0.25) is 0 Å². The molecular formula is C13H25NO2. The van der Waals surface area contributed by atoms with Crippen molar-refractivity contribution < 1.29 is 9.47 Å². The topological polar surface area (TPSA) is 30.5 Å². The predicted octanol–water partition coefficient (Wildman–Crippen LogP) is 2.10. The highest BCUT2D eigenvalue weighted by atomic mass is 16.6. The maximum absolute atomic E-state index is 6.22. The molecule has 2 fully saturated rings. The highest BCUT2D eigenvalue weighted by Gasteiger charge is 2.47. The van der Waals surface area contributed by atoms with Crippen molar-refractivity contribution in [3.63, 3.8) is 0 Å². The smallest absolute Gasteiger partial charge is 0.0895 e. The zero-order chi connectivity index (χ0) is 11.8. The molecule has 2 heterocycles. The molecule has 0 aromatic heterocycles. The van der Waals surface area contributed by atoms with Crippen LogP contribution in [0, 0.1) is 0 Å². The molecular weight excluding hydrogens is 202 g/mol. The van der Waals surface area contributed by atoms with Crippen molar-refractivity contribution in [1.29, 1.82) is 0 Å². The highest BCUT2D eigenvalue weighted by molar-refractivity contribution is 4.96. The lowest BCUT2D eigenvalue weighted by atomic mass is 9.96. The van der Waals surface area contributed by atoms with Gasteiger partial charge < -0.3 is 14.8 Å². The number of nitrogens with one attached hydrogen (secondary N) is 1. The van der Waals surface area contributed by atoms with Crippen molar-refractivity contribution in [3.8, 4) is 0 Å². The Kier molecular flexibility index (Phi) is 3.30. The number of piperidine rings is 1. The minimum absolute atomic E-state index is 0.0454. The number of rotatable bonds is 2. The largest absolute Gasteiger partial charge is 0.371 e. The summed E-state index contributed by atoms with van der Waals surface area (Å²) in [6.45, 7) is 10.7. The third-order valence-corrected chi connectivity index (χ3v) is 3.60. The normalized spacial score (nSPS) is 37.5. The van der Waals surface area contributed by atoms with Crippen LogP contribution in [-0.2, 0) is 9.47 Å². The molecule has 0 amide bonds. The van der Waals surface area contributed by atoms with Crippen LogP contribution in [0.15, 0.2) is 0 Å². The Morgan fingerprint density at radius 3 is 2.50 bits per heavy atom. The molecule has 16 heavy (non-hydrogen) atoms. The van der Waals surface area contributed by atoms with Crippen molar-refractivity contribution in [2.24, 2.45) is 0 Å². The average Bonchev–Trinajstić information content (AvgIpc) is 2.36. The Morgan fingerprint density at radius 2 is 2.00 bits per heavy atom. The lowest BCUT2D eigenvalue weighted by Crippen LogP contribution is -2.42. The second kappa shape index (κ2) is 4.28. The predicted molar refractivity (Wildman–Crippen MR) is 64.6 cm³/mol. The summed E-state index contributed by atoms with van der Waals surface area (Å²) in [5.41, 5.74) is -0.197. The van der Waals surface area contributed by atoms with E-state index in [0.717, 1.165) is 19.5 Å². The Hall–Kier alpha value is -0.120. The zero-order valence-corrected chi connectivity index (χ0v) is 11.0. The first-order valence-electron chi connectivity index (χ1n) is 6.45. The Balaban J connectivity index is 1.93. The molecule has 1 N–H and O–H groups in total. The molecule has 3 nitrogen and oxygen atoms in total. The lowest BCUT2D eigenvalue weighted by molar-refractivity contribution is -0.120. The van der Waals surface area contributed by atoms with E-state index < -0.39 is 0 Å². The fourth-order valence-electron chi connectivity index (χ4n) is 2.89. The van der Waals surface area contributed by atoms with Crippen LogP contribution < -0.4 is 5.32 Å². The SMILES string of the molecule is CC1(C)CC(OC2CCCNC2)C(C)(C)O1. The molecule has 2 aliphatic rings. The minimum atomic E-state index is -0.152. The molecule has 2 saturated heterocycles. The summed E-state index contributed by atoms with van der Waals surface area (Å²) in [6.07, 6.45) is 4.00. The van der Waals surface area contributed by atoms with Gasteiger partial charge in [0.1, 0.15) is 0 Å². The first kappa shape index (κ1) is 12.3. The van der Waals surface area contributed by atoms with Crippen LogP contribution in [-0.4, -0.2) is 36.5 Å². The van der Waals surface area contributed by atoms with E-state index in [9.17, 15) is 0 Å². The van der Waals surface area contributed by atoms with Gasteiger partial charge in [-0.05, 0) is 47.1 Å². The highest BCUT2D eigenvalue weighted by Crippen LogP contribution is 2.39. The summed E-state index contributed by atoms with van der Waals surface area (Å²) in [7, 11) is 0. The average molecular weight is 227 g/mol. The van der Waals surface area contributed by atoms with E-state index in [2.05, 4.69) is 33.0 Å². The van der Waals surface area contributed by atoms with Crippen LogP contribution in [0.5, 0.6) is 0 Å². The minimum Gasteiger partial charge on any atom is -0.371 e. The standard InChI is InChI=1S/C13H25NO2/c1-12(2)8-11(13(3,4)16-12)15-10-6-5-7-14-9-10/h10-11,14H,5-9H2,1-4H3. The second-order valence-corrected chi connectivity index (χ2v) is 6.26. The number of hydrogen-bond acceptors (Lipinski definition) is 3. The van der Waals surface area contributed by atoms with E-state index in [4.69, 9.17) is 9.47 Å². The van der Waals surface area contributed by atoms with Crippen molar-refractivity contribution in [3.05, 3.63) is 0 Å². The third-order valence-electron chi connectivity index (χ3n) is 3.60. The molecule has 0 radical (unpaired) electrons. The first-order valence-corrected chi connectivity index (χ1v) is 6.45. The molecule has 0 aromatic rings. The van der Waals surface area contributed by atoms with Gasteiger partial charge >= 0.3 is 0 Å². The Labute approximate surface area is 98.9 Å². The van der Waals surface area contributed by atoms with Gasteiger partial charge in [-0.25, -0.2) is 0 Å². The molecule has 0 spiro atoms. The second-order valence-electron chi connectivity index (χ2n) is 6.26. The van der Waals surface area contributed by atoms with Crippen LogP contribution in [0.2, 0.25) is 0 Å². The summed E-state index contributed by atoms with van der Waals surface area (Å²) >= 11 is 0. The summed E-state index contributed by atoms with van der Waals surface area (Å²) < 4.78 is 12.3.